The molecular weight excluding hydrogens is 462 g/mol. The molecule has 0 fully saturated rings. The maximum atomic E-state index is 12.5. The molecule has 1 aromatic rings. The first-order valence-electron chi connectivity index (χ1n) is 5.71. The van der Waals surface area contributed by atoms with E-state index in [1.54, 1.807) is 12.1 Å². The Morgan fingerprint density at radius 3 is 2.32 bits per heavy atom. The summed E-state index contributed by atoms with van der Waals surface area (Å²) in [7, 11) is -3.57. The van der Waals surface area contributed by atoms with Gasteiger partial charge in [0.2, 0.25) is 10.0 Å². The third kappa shape index (κ3) is 4.27. The van der Waals surface area contributed by atoms with Crippen molar-refractivity contribution in [1.82, 2.24) is 4.72 Å². The van der Waals surface area contributed by atoms with Crippen LogP contribution in [0, 0.1) is 6.92 Å². The van der Waals surface area contributed by atoms with Crippen molar-refractivity contribution in [2.75, 3.05) is 5.33 Å². The lowest BCUT2D eigenvalue weighted by Gasteiger charge is -2.27. The molecule has 108 valence electrons. The van der Waals surface area contributed by atoms with Crippen LogP contribution in [0.1, 0.15) is 25.8 Å². The zero-order valence-electron chi connectivity index (χ0n) is 10.9. The maximum Gasteiger partial charge on any atom is 0.242 e. The summed E-state index contributed by atoms with van der Waals surface area (Å²) in [5.74, 6) is 0. The fourth-order valence-electron chi connectivity index (χ4n) is 1.41. The molecule has 19 heavy (non-hydrogen) atoms. The molecule has 1 atom stereocenters. The van der Waals surface area contributed by atoms with Gasteiger partial charge < -0.3 is 0 Å². The van der Waals surface area contributed by atoms with Gasteiger partial charge in [-0.05, 0) is 53.9 Å². The highest BCUT2D eigenvalue weighted by Crippen LogP contribution is 2.30. The fourth-order valence-corrected chi connectivity index (χ4v) is 5.29. The average molecular weight is 478 g/mol. The van der Waals surface area contributed by atoms with Crippen LogP contribution in [0.3, 0.4) is 0 Å². The third-order valence-electron chi connectivity index (χ3n) is 2.96. The van der Waals surface area contributed by atoms with Gasteiger partial charge in [-0.3, -0.25) is 0 Å². The van der Waals surface area contributed by atoms with Crippen molar-refractivity contribution >= 4 is 57.8 Å². The van der Waals surface area contributed by atoms with Crippen molar-refractivity contribution in [3.05, 3.63) is 26.6 Å². The highest BCUT2D eigenvalue weighted by atomic mass is 79.9. The Morgan fingerprint density at radius 1 is 1.26 bits per heavy atom. The van der Waals surface area contributed by atoms with Crippen LogP contribution in [0.4, 0.5) is 0 Å². The van der Waals surface area contributed by atoms with E-state index in [0.29, 0.717) is 16.2 Å². The molecule has 0 aliphatic rings. The van der Waals surface area contributed by atoms with Crippen LogP contribution in [0.5, 0.6) is 0 Å². The predicted octanol–water partition coefficient (Wildman–Crippen LogP) is 4.36. The van der Waals surface area contributed by atoms with E-state index in [4.69, 9.17) is 0 Å². The SMILES string of the molecule is CCC(C)(CBr)NS(=O)(=O)c1cc(Br)c(C)cc1Br. The van der Waals surface area contributed by atoms with E-state index >= 15 is 0 Å². The van der Waals surface area contributed by atoms with Crippen LogP contribution < -0.4 is 4.72 Å². The van der Waals surface area contributed by atoms with Gasteiger partial charge in [0.25, 0.3) is 0 Å². The fraction of sp³-hybridized carbons (Fsp3) is 0.500. The van der Waals surface area contributed by atoms with Gasteiger partial charge in [-0.2, -0.15) is 0 Å². The van der Waals surface area contributed by atoms with Crippen LogP contribution in [-0.4, -0.2) is 19.3 Å². The highest BCUT2D eigenvalue weighted by molar-refractivity contribution is 9.11. The Morgan fingerprint density at radius 2 is 1.84 bits per heavy atom. The Balaban J connectivity index is 3.25. The zero-order chi connectivity index (χ0) is 14.8. The molecule has 3 nitrogen and oxygen atoms in total. The summed E-state index contributed by atoms with van der Waals surface area (Å²) in [6.45, 7) is 5.73. The van der Waals surface area contributed by atoms with Gasteiger partial charge in [0.05, 0.1) is 4.90 Å². The molecule has 1 unspecified atom stereocenters. The normalized spacial score (nSPS) is 15.3. The van der Waals surface area contributed by atoms with Crippen LogP contribution in [-0.2, 0) is 10.0 Å². The van der Waals surface area contributed by atoms with E-state index in [9.17, 15) is 8.42 Å². The Labute approximate surface area is 140 Å². The lowest BCUT2D eigenvalue weighted by atomic mass is 10.0. The maximum absolute atomic E-state index is 12.5. The number of aryl methyl sites for hydroxylation is 1. The Kier molecular flexibility index (Phi) is 6.08. The van der Waals surface area contributed by atoms with Crippen molar-refractivity contribution in [3.63, 3.8) is 0 Å². The van der Waals surface area contributed by atoms with Crippen molar-refractivity contribution in [3.8, 4) is 0 Å². The first-order chi connectivity index (χ1) is 8.65. The van der Waals surface area contributed by atoms with E-state index in [-0.39, 0.29) is 4.90 Å². The van der Waals surface area contributed by atoms with E-state index in [1.807, 2.05) is 20.8 Å². The van der Waals surface area contributed by atoms with Gasteiger partial charge >= 0.3 is 0 Å². The molecule has 7 heteroatoms. The summed E-state index contributed by atoms with van der Waals surface area (Å²) < 4.78 is 29.0. The number of sulfonamides is 1. The molecule has 0 radical (unpaired) electrons. The minimum absolute atomic E-state index is 0.241. The van der Waals surface area contributed by atoms with Gasteiger partial charge in [-0.25, -0.2) is 13.1 Å². The lowest BCUT2D eigenvalue weighted by Crippen LogP contribution is -2.46. The summed E-state index contributed by atoms with van der Waals surface area (Å²) in [6.07, 6.45) is 0.697. The number of rotatable bonds is 5. The second-order valence-corrected chi connectivity index (χ2v) is 8.61. The molecule has 0 aliphatic heterocycles. The van der Waals surface area contributed by atoms with E-state index in [0.717, 1.165) is 10.0 Å². The van der Waals surface area contributed by atoms with Gasteiger partial charge in [-0.1, -0.05) is 38.8 Å². The first kappa shape index (κ1) is 17.6. The molecule has 0 aromatic heterocycles. The molecule has 0 saturated heterocycles. The standard InChI is InChI=1S/C12H16Br3NO2S/c1-4-12(3,7-13)16-19(17,18)11-6-9(14)8(2)5-10(11)15/h5-6,16H,4,7H2,1-3H3. The van der Waals surface area contributed by atoms with Gasteiger partial charge in [0.15, 0.2) is 0 Å². The molecule has 0 saturated carbocycles. The smallest absolute Gasteiger partial charge is 0.207 e. The second-order valence-electron chi connectivity index (χ2n) is 4.69. The molecule has 0 amide bonds. The van der Waals surface area contributed by atoms with Crippen LogP contribution >= 0.6 is 47.8 Å². The molecule has 0 bridgehead atoms. The summed E-state index contributed by atoms with van der Waals surface area (Å²) in [5.41, 5.74) is 0.472. The molecule has 0 aliphatic carbocycles. The predicted molar refractivity (Wildman–Crippen MR) is 89.4 cm³/mol. The number of nitrogens with one attached hydrogen (secondary N) is 1. The number of hydrogen-bond donors (Lipinski definition) is 1. The molecule has 0 heterocycles. The van der Waals surface area contributed by atoms with Crippen molar-refractivity contribution in [1.29, 1.82) is 0 Å². The molecule has 1 N–H and O–H groups in total. The molecule has 0 spiro atoms. The van der Waals surface area contributed by atoms with E-state index in [2.05, 4.69) is 52.5 Å². The van der Waals surface area contributed by atoms with E-state index in [1.165, 1.54) is 0 Å². The number of alkyl halides is 1. The molecular formula is C12H16Br3NO2S. The van der Waals surface area contributed by atoms with Gasteiger partial charge in [-0.15, -0.1) is 0 Å². The number of hydrogen-bond acceptors (Lipinski definition) is 2. The van der Waals surface area contributed by atoms with Crippen LogP contribution in [0.15, 0.2) is 26.0 Å². The third-order valence-corrected chi connectivity index (χ3v) is 7.65. The number of halogens is 3. The van der Waals surface area contributed by atoms with Crippen LogP contribution in [0.25, 0.3) is 0 Å². The van der Waals surface area contributed by atoms with Gasteiger partial charge in [0, 0.05) is 19.8 Å². The molecule has 1 aromatic carbocycles. The summed E-state index contributed by atoms with van der Waals surface area (Å²) in [4.78, 5) is 0.241. The minimum Gasteiger partial charge on any atom is -0.207 e. The second kappa shape index (κ2) is 6.56. The Hall–Kier alpha value is 0.570. The minimum atomic E-state index is -3.57. The highest BCUT2D eigenvalue weighted by Gasteiger charge is 2.29. The van der Waals surface area contributed by atoms with Crippen molar-refractivity contribution in [2.45, 2.75) is 37.6 Å². The quantitative estimate of drug-likeness (QED) is 0.640. The van der Waals surface area contributed by atoms with Gasteiger partial charge in [0.1, 0.15) is 0 Å². The van der Waals surface area contributed by atoms with Crippen LogP contribution in [0.2, 0.25) is 0 Å². The van der Waals surface area contributed by atoms with E-state index < -0.39 is 15.6 Å². The Bertz CT molecular complexity index is 569. The van der Waals surface area contributed by atoms with Crippen molar-refractivity contribution < 1.29 is 8.42 Å². The monoisotopic (exact) mass is 475 g/mol. The zero-order valence-corrected chi connectivity index (χ0v) is 16.5. The first-order valence-corrected chi connectivity index (χ1v) is 9.90. The lowest BCUT2D eigenvalue weighted by molar-refractivity contribution is 0.449. The average Bonchev–Trinajstić information content (AvgIpc) is 2.33. The summed E-state index contributed by atoms with van der Waals surface area (Å²) >= 11 is 10.0. The largest absolute Gasteiger partial charge is 0.242 e. The van der Waals surface area contributed by atoms with Crippen molar-refractivity contribution in [2.24, 2.45) is 0 Å². The topological polar surface area (TPSA) is 46.2 Å². The summed E-state index contributed by atoms with van der Waals surface area (Å²) in [5, 5.41) is 0.556. The molecule has 1 rings (SSSR count). The number of benzene rings is 1. The summed E-state index contributed by atoms with van der Waals surface area (Å²) in [6, 6.07) is 3.40.